The molecule has 1 aliphatic rings. The number of aliphatic hydroxyl groups is 1. The summed E-state index contributed by atoms with van der Waals surface area (Å²) in [4.78, 5) is 16.9. The average Bonchev–Trinajstić information content (AvgIpc) is 3.15. The first-order valence-electron chi connectivity index (χ1n) is 9.16. The number of nitrogens with one attached hydrogen (secondary N) is 1. The van der Waals surface area contributed by atoms with Crippen LogP contribution in [-0.2, 0) is 11.4 Å². The van der Waals surface area contributed by atoms with Gasteiger partial charge in [-0.2, -0.15) is 13.2 Å². The number of oxime groups is 1. The Morgan fingerprint density at radius 1 is 1.10 bits per heavy atom. The van der Waals surface area contributed by atoms with E-state index in [2.05, 4.69) is 15.3 Å². The fourth-order valence-electron chi connectivity index (χ4n) is 3.29. The molecule has 4 rings (SSSR count). The first-order valence-corrected chi connectivity index (χ1v) is 9.16. The van der Waals surface area contributed by atoms with Crippen molar-refractivity contribution in [2.45, 2.75) is 24.9 Å². The molecular formula is C22H17F3N2O3. The molecule has 1 atom stereocenters. The second-order valence-corrected chi connectivity index (χ2v) is 7.00. The zero-order valence-electron chi connectivity index (χ0n) is 15.6. The van der Waals surface area contributed by atoms with E-state index in [-0.39, 0.29) is 18.2 Å². The molecule has 5 nitrogen and oxygen atoms in total. The number of hydrogen-bond donors (Lipinski definition) is 2. The molecule has 1 unspecified atom stereocenters. The van der Waals surface area contributed by atoms with E-state index < -0.39 is 18.4 Å². The van der Waals surface area contributed by atoms with Crippen LogP contribution in [0.4, 0.5) is 13.2 Å². The second-order valence-electron chi connectivity index (χ2n) is 7.00. The summed E-state index contributed by atoms with van der Waals surface area (Å²) in [6, 6.07) is 19.5. The van der Waals surface area contributed by atoms with Crippen LogP contribution in [0.5, 0.6) is 0 Å². The van der Waals surface area contributed by atoms with Crippen LogP contribution in [-0.4, -0.2) is 28.7 Å². The van der Waals surface area contributed by atoms with Gasteiger partial charge >= 0.3 is 12.0 Å². The van der Waals surface area contributed by atoms with E-state index >= 15 is 0 Å². The third kappa shape index (κ3) is 3.73. The maximum absolute atomic E-state index is 12.9. The van der Waals surface area contributed by atoms with Gasteiger partial charge in [0.1, 0.15) is 0 Å². The molecule has 0 bridgehead atoms. The van der Waals surface area contributed by atoms with Crippen LogP contribution in [0.1, 0.15) is 27.9 Å². The molecular weight excluding hydrogens is 397 g/mol. The summed E-state index contributed by atoms with van der Waals surface area (Å²) in [5, 5.41) is 17.6. The summed E-state index contributed by atoms with van der Waals surface area (Å²) < 4.78 is 38.7. The highest BCUT2D eigenvalue weighted by Gasteiger charge is 2.60. The van der Waals surface area contributed by atoms with Gasteiger partial charge in [0, 0.05) is 12.1 Å². The first kappa shape index (κ1) is 19.9. The van der Waals surface area contributed by atoms with Gasteiger partial charge in [0.25, 0.3) is 5.91 Å². The monoisotopic (exact) mass is 414 g/mol. The molecule has 0 radical (unpaired) electrons. The van der Waals surface area contributed by atoms with Gasteiger partial charge in [0.15, 0.2) is 0 Å². The molecule has 3 aromatic carbocycles. The molecule has 30 heavy (non-hydrogen) atoms. The number of rotatable bonds is 4. The molecule has 0 saturated heterocycles. The van der Waals surface area contributed by atoms with Crippen molar-refractivity contribution in [2.75, 3.05) is 0 Å². The average molecular weight is 414 g/mol. The zero-order valence-corrected chi connectivity index (χ0v) is 15.6. The third-order valence-corrected chi connectivity index (χ3v) is 4.90. The topological polar surface area (TPSA) is 70.9 Å². The SMILES string of the molecule is O=C(NCc1cccc(C2=NOC(O)(C(F)(F)F)C2)c1)c1cccc2ccccc12. The van der Waals surface area contributed by atoms with Crippen LogP contribution in [0, 0.1) is 0 Å². The van der Waals surface area contributed by atoms with Crippen LogP contribution in [0.15, 0.2) is 71.9 Å². The minimum absolute atomic E-state index is 0.0166. The van der Waals surface area contributed by atoms with Gasteiger partial charge in [-0.05, 0) is 34.0 Å². The van der Waals surface area contributed by atoms with Gasteiger partial charge in [0.2, 0.25) is 0 Å². The van der Waals surface area contributed by atoms with E-state index in [0.717, 1.165) is 10.8 Å². The van der Waals surface area contributed by atoms with Crippen molar-refractivity contribution in [2.24, 2.45) is 5.16 Å². The molecule has 154 valence electrons. The minimum atomic E-state index is -4.96. The number of carbonyl (C=O) groups excluding carboxylic acids is 1. The van der Waals surface area contributed by atoms with Crippen molar-refractivity contribution in [1.29, 1.82) is 0 Å². The normalized spacial score (nSPS) is 18.7. The number of carbonyl (C=O) groups is 1. The molecule has 1 aliphatic heterocycles. The smallest absolute Gasteiger partial charge is 0.350 e. The van der Waals surface area contributed by atoms with Crippen LogP contribution in [0.25, 0.3) is 10.8 Å². The number of halogens is 3. The van der Waals surface area contributed by atoms with E-state index in [1.165, 1.54) is 0 Å². The summed E-state index contributed by atoms with van der Waals surface area (Å²) in [7, 11) is 0. The van der Waals surface area contributed by atoms with Crippen LogP contribution in [0.3, 0.4) is 0 Å². The van der Waals surface area contributed by atoms with Crippen LogP contribution < -0.4 is 5.32 Å². The summed E-state index contributed by atoms with van der Waals surface area (Å²) in [6.07, 6.45) is -5.76. The van der Waals surface area contributed by atoms with E-state index in [4.69, 9.17) is 0 Å². The van der Waals surface area contributed by atoms with Crippen LogP contribution in [0.2, 0.25) is 0 Å². The number of hydrogen-bond acceptors (Lipinski definition) is 4. The number of fused-ring (bicyclic) bond motifs is 1. The van der Waals surface area contributed by atoms with Gasteiger partial charge < -0.3 is 15.3 Å². The maximum atomic E-state index is 12.9. The number of amides is 1. The van der Waals surface area contributed by atoms with Crippen molar-refractivity contribution in [3.05, 3.63) is 83.4 Å². The fraction of sp³-hybridized carbons (Fsp3) is 0.182. The Morgan fingerprint density at radius 2 is 1.83 bits per heavy atom. The lowest BCUT2D eigenvalue weighted by Crippen LogP contribution is -2.45. The summed E-state index contributed by atoms with van der Waals surface area (Å²) in [6.45, 7) is 0.174. The number of alkyl halides is 3. The third-order valence-electron chi connectivity index (χ3n) is 4.90. The van der Waals surface area contributed by atoms with Crippen LogP contribution >= 0.6 is 0 Å². The Morgan fingerprint density at radius 3 is 2.60 bits per heavy atom. The van der Waals surface area contributed by atoms with E-state index in [1.807, 2.05) is 30.3 Å². The Balaban J connectivity index is 1.47. The molecule has 1 amide bonds. The summed E-state index contributed by atoms with van der Waals surface area (Å²) in [5.74, 6) is -3.58. The van der Waals surface area contributed by atoms with Crippen molar-refractivity contribution >= 4 is 22.4 Å². The molecule has 3 aromatic rings. The number of benzene rings is 3. The van der Waals surface area contributed by atoms with Crippen molar-refractivity contribution in [3.8, 4) is 0 Å². The van der Waals surface area contributed by atoms with E-state index in [9.17, 15) is 23.1 Å². The van der Waals surface area contributed by atoms with E-state index in [0.29, 0.717) is 16.7 Å². The standard InChI is InChI=1S/C22H17F3N2O3/c23-22(24,25)21(29)12-19(27-30-21)16-8-3-5-14(11-16)13-26-20(28)18-10-4-7-15-6-1-2-9-17(15)18/h1-11,29H,12-13H2,(H,26,28). The van der Waals surface area contributed by atoms with Gasteiger partial charge in [0.05, 0.1) is 12.1 Å². The molecule has 1 heterocycles. The Bertz CT molecular complexity index is 1140. The first-order chi connectivity index (χ1) is 14.3. The highest BCUT2D eigenvalue weighted by Crippen LogP contribution is 2.39. The van der Waals surface area contributed by atoms with Crippen molar-refractivity contribution in [3.63, 3.8) is 0 Å². The number of nitrogens with zero attached hydrogens (tertiary/aromatic N) is 1. The highest BCUT2D eigenvalue weighted by molar-refractivity contribution is 6.07. The quantitative estimate of drug-likeness (QED) is 0.674. The molecule has 2 N–H and O–H groups in total. The minimum Gasteiger partial charge on any atom is -0.350 e. The highest BCUT2D eigenvalue weighted by atomic mass is 19.4. The summed E-state index contributed by atoms with van der Waals surface area (Å²) >= 11 is 0. The summed E-state index contributed by atoms with van der Waals surface area (Å²) in [5.41, 5.74) is 1.57. The largest absolute Gasteiger partial charge is 0.458 e. The molecule has 0 aromatic heterocycles. The van der Waals surface area contributed by atoms with Crippen molar-refractivity contribution < 1.29 is 27.9 Å². The Kier molecular flexibility index (Phi) is 4.95. The lowest BCUT2D eigenvalue weighted by molar-refractivity contribution is -0.355. The van der Waals surface area contributed by atoms with Gasteiger partial charge in [-0.3, -0.25) is 4.79 Å². The van der Waals surface area contributed by atoms with Gasteiger partial charge in [-0.25, -0.2) is 0 Å². The second kappa shape index (κ2) is 7.46. The van der Waals surface area contributed by atoms with E-state index in [1.54, 1.807) is 36.4 Å². The Hall–Kier alpha value is -3.39. The van der Waals surface area contributed by atoms with Gasteiger partial charge in [-0.15, -0.1) is 0 Å². The lowest BCUT2D eigenvalue weighted by atomic mass is 10.0. The molecule has 0 fully saturated rings. The predicted molar refractivity (Wildman–Crippen MR) is 105 cm³/mol. The molecule has 8 heteroatoms. The Labute approximate surface area is 169 Å². The predicted octanol–water partition coefficient (Wildman–Crippen LogP) is 4.15. The maximum Gasteiger partial charge on any atom is 0.458 e. The molecule has 0 saturated carbocycles. The molecule has 0 aliphatic carbocycles. The molecule has 0 spiro atoms. The van der Waals surface area contributed by atoms with Crippen molar-refractivity contribution in [1.82, 2.24) is 5.32 Å². The lowest BCUT2D eigenvalue weighted by Gasteiger charge is -2.22. The van der Waals surface area contributed by atoms with Gasteiger partial charge in [-0.1, -0.05) is 59.8 Å². The zero-order chi connectivity index (χ0) is 21.4. The fourth-order valence-corrected chi connectivity index (χ4v) is 3.29.